The zero-order valence-corrected chi connectivity index (χ0v) is 17.5. The number of amides is 1. The summed E-state index contributed by atoms with van der Waals surface area (Å²) in [5, 5.41) is 0.585. The fraction of sp³-hybridized carbons (Fsp3) is 0.217. The van der Waals surface area contributed by atoms with Gasteiger partial charge in [0.1, 0.15) is 5.75 Å². The number of ether oxygens (including phenoxy) is 1. The van der Waals surface area contributed by atoms with Crippen LogP contribution in [0.1, 0.15) is 27.3 Å². The number of para-hydroxylation sites is 1. The Labute approximate surface area is 170 Å². The maximum absolute atomic E-state index is 13.2. The molecule has 1 amide bonds. The van der Waals surface area contributed by atoms with Gasteiger partial charge in [0, 0.05) is 40.1 Å². The summed E-state index contributed by atoms with van der Waals surface area (Å²) >= 11 is 6.44. The smallest absolute Gasteiger partial charge is 0.258 e. The van der Waals surface area contributed by atoms with Crippen LogP contribution in [-0.2, 0) is 0 Å². The largest absolute Gasteiger partial charge is 0.495 e. The van der Waals surface area contributed by atoms with E-state index in [1.54, 1.807) is 31.2 Å². The van der Waals surface area contributed by atoms with Crippen LogP contribution < -0.4 is 9.64 Å². The molecule has 1 heterocycles. The molecule has 0 aliphatic rings. The number of nitrogens with zero attached hydrogens (tertiary/aromatic N) is 2. The molecule has 0 atom stereocenters. The molecule has 0 aliphatic carbocycles. The van der Waals surface area contributed by atoms with E-state index in [1.165, 1.54) is 0 Å². The molecular formula is C23H23ClN2O2. The van der Waals surface area contributed by atoms with Crippen LogP contribution in [0.5, 0.6) is 5.75 Å². The van der Waals surface area contributed by atoms with Gasteiger partial charge in [-0.25, -0.2) is 0 Å². The SMILES string of the molecule is COc1cccc(C)c1N(C)C(=O)c1ccc(Cl)c(-c2ccc(C)nc2C)c1. The Morgan fingerprint density at radius 1 is 1.04 bits per heavy atom. The normalized spacial score (nSPS) is 10.6. The van der Waals surface area contributed by atoms with Crippen molar-refractivity contribution < 1.29 is 9.53 Å². The number of aromatic nitrogens is 1. The number of benzene rings is 2. The molecule has 0 unspecified atom stereocenters. The lowest BCUT2D eigenvalue weighted by molar-refractivity contribution is 0.0992. The third-order valence-electron chi connectivity index (χ3n) is 4.79. The van der Waals surface area contributed by atoms with E-state index < -0.39 is 0 Å². The average Bonchev–Trinajstić information content (AvgIpc) is 2.67. The zero-order valence-electron chi connectivity index (χ0n) is 16.7. The predicted octanol–water partition coefficient (Wildman–Crippen LogP) is 5.61. The molecule has 28 heavy (non-hydrogen) atoms. The van der Waals surface area contributed by atoms with Crippen molar-refractivity contribution in [1.82, 2.24) is 4.98 Å². The maximum Gasteiger partial charge on any atom is 0.258 e. The summed E-state index contributed by atoms with van der Waals surface area (Å²) in [4.78, 5) is 19.3. The van der Waals surface area contributed by atoms with Crippen LogP contribution in [0.25, 0.3) is 11.1 Å². The first-order valence-corrected chi connectivity index (χ1v) is 9.37. The van der Waals surface area contributed by atoms with E-state index >= 15 is 0 Å². The van der Waals surface area contributed by atoms with Gasteiger partial charge in [-0.15, -0.1) is 0 Å². The molecule has 0 spiro atoms. The fourth-order valence-electron chi connectivity index (χ4n) is 3.36. The van der Waals surface area contributed by atoms with E-state index in [9.17, 15) is 4.79 Å². The summed E-state index contributed by atoms with van der Waals surface area (Å²) in [6.45, 7) is 5.84. The van der Waals surface area contributed by atoms with E-state index in [0.29, 0.717) is 16.3 Å². The third kappa shape index (κ3) is 3.73. The predicted molar refractivity (Wildman–Crippen MR) is 115 cm³/mol. The highest BCUT2D eigenvalue weighted by Gasteiger charge is 2.20. The van der Waals surface area contributed by atoms with Gasteiger partial charge in [0.15, 0.2) is 0 Å². The summed E-state index contributed by atoms with van der Waals surface area (Å²) in [6, 6.07) is 15.0. The van der Waals surface area contributed by atoms with Crippen LogP contribution in [0.15, 0.2) is 48.5 Å². The Balaban J connectivity index is 2.04. The number of halogens is 1. The van der Waals surface area contributed by atoms with E-state index in [0.717, 1.165) is 33.8 Å². The molecule has 0 fully saturated rings. The van der Waals surface area contributed by atoms with Crippen molar-refractivity contribution in [3.63, 3.8) is 0 Å². The average molecular weight is 395 g/mol. The molecule has 4 nitrogen and oxygen atoms in total. The molecule has 0 N–H and O–H groups in total. The summed E-state index contributed by atoms with van der Waals surface area (Å²) in [7, 11) is 3.35. The van der Waals surface area contributed by atoms with E-state index in [4.69, 9.17) is 16.3 Å². The molecular weight excluding hydrogens is 372 g/mol. The van der Waals surface area contributed by atoms with Crippen molar-refractivity contribution in [1.29, 1.82) is 0 Å². The molecule has 0 bridgehead atoms. The summed E-state index contributed by atoms with van der Waals surface area (Å²) in [5.74, 6) is 0.520. The molecule has 2 aromatic carbocycles. The summed E-state index contributed by atoms with van der Waals surface area (Å²) in [6.07, 6.45) is 0. The van der Waals surface area contributed by atoms with Crippen LogP contribution in [-0.4, -0.2) is 25.0 Å². The highest BCUT2D eigenvalue weighted by atomic mass is 35.5. The lowest BCUT2D eigenvalue weighted by atomic mass is 10.0. The van der Waals surface area contributed by atoms with E-state index in [1.807, 2.05) is 57.2 Å². The first kappa shape index (κ1) is 19.9. The number of carbonyl (C=O) groups excluding carboxylic acids is 1. The maximum atomic E-state index is 13.2. The number of rotatable bonds is 4. The van der Waals surface area contributed by atoms with Gasteiger partial charge in [-0.05, 0) is 56.7 Å². The van der Waals surface area contributed by atoms with Crippen LogP contribution in [0.2, 0.25) is 5.02 Å². The van der Waals surface area contributed by atoms with Gasteiger partial charge in [-0.1, -0.05) is 29.8 Å². The quantitative estimate of drug-likeness (QED) is 0.577. The van der Waals surface area contributed by atoms with Crippen LogP contribution in [0.4, 0.5) is 5.69 Å². The monoisotopic (exact) mass is 394 g/mol. The number of methoxy groups -OCH3 is 1. The number of pyridine rings is 1. The zero-order chi connectivity index (χ0) is 20.4. The lowest BCUT2D eigenvalue weighted by Gasteiger charge is -2.22. The Morgan fingerprint density at radius 3 is 2.46 bits per heavy atom. The Kier molecular flexibility index (Phi) is 5.71. The molecule has 5 heteroatoms. The first-order chi connectivity index (χ1) is 13.3. The number of carbonyl (C=O) groups is 1. The second kappa shape index (κ2) is 8.03. The molecule has 0 radical (unpaired) electrons. The van der Waals surface area contributed by atoms with E-state index in [2.05, 4.69) is 4.98 Å². The van der Waals surface area contributed by atoms with Gasteiger partial charge in [0.2, 0.25) is 0 Å². The van der Waals surface area contributed by atoms with Crippen molar-refractivity contribution in [2.24, 2.45) is 0 Å². The lowest BCUT2D eigenvalue weighted by Crippen LogP contribution is -2.27. The van der Waals surface area contributed by atoms with Crippen molar-refractivity contribution in [2.45, 2.75) is 20.8 Å². The van der Waals surface area contributed by atoms with Crippen LogP contribution in [0.3, 0.4) is 0 Å². The van der Waals surface area contributed by atoms with Gasteiger partial charge >= 0.3 is 0 Å². The Morgan fingerprint density at radius 2 is 1.79 bits per heavy atom. The molecule has 3 rings (SSSR count). The highest BCUT2D eigenvalue weighted by Crippen LogP contribution is 2.34. The summed E-state index contributed by atoms with van der Waals surface area (Å²) < 4.78 is 5.45. The fourth-order valence-corrected chi connectivity index (χ4v) is 3.58. The van der Waals surface area contributed by atoms with Gasteiger partial charge in [-0.2, -0.15) is 0 Å². The highest BCUT2D eigenvalue weighted by molar-refractivity contribution is 6.33. The number of aryl methyl sites for hydroxylation is 3. The topological polar surface area (TPSA) is 42.4 Å². The van der Waals surface area contributed by atoms with Gasteiger partial charge < -0.3 is 9.64 Å². The van der Waals surface area contributed by atoms with Crippen molar-refractivity contribution in [2.75, 3.05) is 19.1 Å². The van der Waals surface area contributed by atoms with E-state index in [-0.39, 0.29) is 5.91 Å². The molecule has 0 saturated carbocycles. The second-order valence-corrected chi connectivity index (χ2v) is 7.18. The minimum absolute atomic E-state index is 0.136. The summed E-state index contributed by atoms with van der Waals surface area (Å²) in [5.41, 5.74) is 5.79. The third-order valence-corrected chi connectivity index (χ3v) is 5.12. The minimum Gasteiger partial charge on any atom is -0.495 e. The number of hydrogen-bond acceptors (Lipinski definition) is 3. The Bertz CT molecular complexity index is 1050. The minimum atomic E-state index is -0.136. The van der Waals surface area contributed by atoms with Crippen molar-refractivity contribution in [3.05, 3.63) is 76.1 Å². The molecule has 144 valence electrons. The Hall–Kier alpha value is -2.85. The second-order valence-electron chi connectivity index (χ2n) is 6.77. The first-order valence-electron chi connectivity index (χ1n) is 8.99. The number of hydrogen-bond donors (Lipinski definition) is 0. The van der Waals surface area contributed by atoms with Crippen molar-refractivity contribution >= 4 is 23.2 Å². The van der Waals surface area contributed by atoms with Crippen LogP contribution in [0, 0.1) is 20.8 Å². The molecule has 3 aromatic rings. The van der Waals surface area contributed by atoms with Crippen LogP contribution >= 0.6 is 11.6 Å². The van der Waals surface area contributed by atoms with Gasteiger partial charge in [0.25, 0.3) is 5.91 Å². The molecule has 1 aromatic heterocycles. The molecule has 0 saturated heterocycles. The molecule has 0 aliphatic heterocycles. The van der Waals surface area contributed by atoms with Gasteiger partial charge in [-0.3, -0.25) is 9.78 Å². The van der Waals surface area contributed by atoms with Gasteiger partial charge in [0.05, 0.1) is 12.8 Å². The number of anilines is 1. The van der Waals surface area contributed by atoms with Crippen molar-refractivity contribution in [3.8, 4) is 16.9 Å². The standard InChI is InChI=1S/C23H23ClN2O2/c1-14-7-6-8-21(28-5)22(14)26(4)23(27)17-10-12-20(24)19(13-17)18-11-9-15(2)25-16(18)3/h6-13H,1-5H3.